The van der Waals surface area contributed by atoms with Gasteiger partial charge in [0.05, 0.1) is 35.1 Å². The average Bonchev–Trinajstić information content (AvgIpc) is 3.43. The van der Waals surface area contributed by atoms with Crippen molar-refractivity contribution < 1.29 is 14.0 Å². The smallest absolute Gasteiger partial charge is 0.254 e. The van der Waals surface area contributed by atoms with Gasteiger partial charge in [0.2, 0.25) is 5.91 Å². The molecule has 1 aliphatic carbocycles. The Morgan fingerprint density at radius 1 is 1.08 bits per heavy atom. The molecular formula is C28H30N6O3. The third-order valence-electron chi connectivity index (χ3n) is 7.25. The van der Waals surface area contributed by atoms with Crippen molar-refractivity contribution >= 4 is 22.8 Å². The van der Waals surface area contributed by atoms with E-state index in [4.69, 9.17) is 9.40 Å². The predicted molar refractivity (Wildman–Crippen MR) is 139 cm³/mol. The fraction of sp³-hybridized carbons (Fsp3) is 0.357. The van der Waals surface area contributed by atoms with Crippen LogP contribution < -0.4 is 5.32 Å². The Hall–Kier alpha value is -3.98. The number of rotatable bonds is 7. The van der Waals surface area contributed by atoms with Crippen LogP contribution in [-0.4, -0.2) is 74.6 Å². The van der Waals surface area contributed by atoms with Crippen LogP contribution in [0.2, 0.25) is 0 Å². The zero-order valence-corrected chi connectivity index (χ0v) is 20.8. The second-order valence-corrected chi connectivity index (χ2v) is 9.83. The Bertz CT molecular complexity index is 1400. The molecule has 2 amide bonds. The molecule has 1 aliphatic heterocycles. The average molecular weight is 499 g/mol. The monoisotopic (exact) mass is 498 g/mol. The lowest BCUT2D eigenvalue weighted by Gasteiger charge is -2.37. The van der Waals surface area contributed by atoms with Crippen LogP contribution in [0.15, 0.2) is 65.4 Å². The second kappa shape index (κ2) is 9.82. The van der Waals surface area contributed by atoms with Crippen molar-refractivity contribution in [2.45, 2.75) is 38.4 Å². The topological polar surface area (TPSA) is 96.5 Å². The van der Waals surface area contributed by atoms with Crippen LogP contribution >= 0.6 is 0 Å². The highest BCUT2D eigenvalue weighted by molar-refractivity contribution is 6.06. The number of hydrogen-bond acceptors (Lipinski definition) is 6. The van der Waals surface area contributed by atoms with E-state index in [9.17, 15) is 9.59 Å². The van der Waals surface area contributed by atoms with Crippen LogP contribution in [0.1, 0.15) is 35.9 Å². The number of aromatic nitrogens is 3. The molecular weight excluding hydrogens is 468 g/mol. The third kappa shape index (κ3) is 4.86. The lowest BCUT2D eigenvalue weighted by Crippen LogP contribution is -2.55. The van der Waals surface area contributed by atoms with Crippen LogP contribution in [0.25, 0.3) is 22.3 Å². The zero-order valence-electron chi connectivity index (χ0n) is 20.8. The summed E-state index contributed by atoms with van der Waals surface area (Å²) in [6.45, 7) is 4.80. The Morgan fingerprint density at radius 2 is 1.86 bits per heavy atom. The minimum Gasteiger partial charge on any atom is -0.467 e. The maximum atomic E-state index is 13.8. The number of pyridine rings is 1. The van der Waals surface area contributed by atoms with Gasteiger partial charge in [-0.1, -0.05) is 30.3 Å². The molecule has 1 saturated heterocycles. The number of nitrogens with one attached hydrogen (secondary N) is 1. The normalized spacial score (nSPS) is 17.2. The van der Waals surface area contributed by atoms with Gasteiger partial charge in [0.15, 0.2) is 5.65 Å². The molecule has 0 spiro atoms. The highest BCUT2D eigenvalue weighted by atomic mass is 16.3. The van der Waals surface area contributed by atoms with Gasteiger partial charge < -0.3 is 14.6 Å². The van der Waals surface area contributed by atoms with Crippen LogP contribution in [0.4, 0.5) is 0 Å². The van der Waals surface area contributed by atoms with Gasteiger partial charge in [-0.3, -0.25) is 14.5 Å². The highest BCUT2D eigenvalue weighted by Gasteiger charge is 2.32. The van der Waals surface area contributed by atoms with Crippen LogP contribution in [-0.2, 0) is 11.3 Å². The summed E-state index contributed by atoms with van der Waals surface area (Å²) < 4.78 is 7.29. The van der Waals surface area contributed by atoms with Crippen molar-refractivity contribution in [1.29, 1.82) is 0 Å². The molecule has 1 saturated carbocycles. The number of nitrogens with zero attached hydrogens (tertiary/aromatic N) is 5. The molecule has 4 heterocycles. The van der Waals surface area contributed by atoms with Gasteiger partial charge in [-0.05, 0) is 38.0 Å². The van der Waals surface area contributed by atoms with E-state index in [0.29, 0.717) is 50.0 Å². The lowest BCUT2D eigenvalue weighted by atomic mass is 10.1. The summed E-state index contributed by atoms with van der Waals surface area (Å²) in [7, 11) is 0. The third-order valence-corrected chi connectivity index (χ3v) is 7.25. The molecule has 2 fully saturated rings. The summed E-state index contributed by atoms with van der Waals surface area (Å²) in [6.07, 6.45) is 5.50. The largest absolute Gasteiger partial charge is 0.467 e. The SMILES string of the molecule is CC(C(=O)NC1CC1)N1CCN(C(=O)c2cc(-c3ccccc3)nc3c2cnn3Cc2ccco2)CC1. The molecule has 9 nitrogen and oxygen atoms in total. The number of carbonyl (C=O) groups excluding carboxylic acids is 2. The van der Waals surface area contributed by atoms with Gasteiger partial charge in [0.25, 0.3) is 5.91 Å². The number of amides is 2. The predicted octanol–water partition coefficient (Wildman–Crippen LogP) is 3.16. The van der Waals surface area contributed by atoms with Crippen LogP contribution in [0, 0.1) is 0 Å². The van der Waals surface area contributed by atoms with Crippen LogP contribution in [0.3, 0.4) is 0 Å². The molecule has 0 bridgehead atoms. The highest BCUT2D eigenvalue weighted by Crippen LogP contribution is 2.27. The van der Waals surface area contributed by atoms with Crippen molar-refractivity contribution in [3.63, 3.8) is 0 Å². The van der Waals surface area contributed by atoms with Gasteiger partial charge in [-0.25, -0.2) is 9.67 Å². The first-order valence-electron chi connectivity index (χ1n) is 12.8. The van der Waals surface area contributed by atoms with E-state index >= 15 is 0 Å². The molecule has 190 valence electrons. The quantitative estimate of drug-likeness (QED) is 0.421. The molecule has 1 unspecified atom stereocenters. The molecule has 4 aromatic rings. The van der Waals surface area contributed by atoms with Crippen molar-refractivity contribution in [2.75, 3.05) is 26.2 Å². The van der Waals surface area contributed by atoms with Gasteiger partial charge in [0, 0.05) is 37.8 Å². The van der Waals surface area contributed by atoms with Crippen LogP contribution in [0.5, 0.6) is 0 Å². The van der Waals surface area contributed by atoms with Crippen molar-refractivity contribution in [2.24, 2.45) is 0 Å². The summed E-state index contributed by atoms with van der Waals surface area (Å²) in [4.78, 5) is 35.3. The number of fused-ring (bicyclic) bond motifs is 1. The maximum absolute atomic E-state index is 13.8. The Morgan fingerprint density at radius 3 is 2.57 bits per heavy atom. The Balaban J connectivity index is 1.26. The fourth-order valence-electron chi connectivity index (χ4n) is 4.85. The number of furan rings is 1. The summed E-state index contributed by atoms with van der Waals surface area (Å²) >= 11 is 0. The first-order chi connectivity index (χ1) is 18.1. The van der Waals surface area contributed by atoms with E-state index in [1.54, 1.807) is 17.1 Å². The number of carbonyl (C=O) groups is 2. The molecule has 1 N–H and O–H groups in total. The van der Waals surface area contributed by atoms with Gasteiger partial charge in [-0.2, -0.15) is 5.10 Å². The van der Waals surface area contributed by atoms with E-state index in [0.717, 1.165) is 35.2 Å². The molecule has 2 aliphatic rings. The standard InChI is InChI=1S/C28H30N6O3/c1-19(27(35)30-21-9-10-21)32-11-13-33(14-12-32)28(36)23-16-25(20-6-3-2-4-7-20)31-26-24(23)17-29-34(26)18-22-8-5-15-37-22/h2-8,15-17,19,21H,9-14,18H2,1H3,(H,30,35). The molecule has 0 radical (unpaired) electrons. The van der Waals surface area contributed by atoms with E-state index < -0.39 is 0 Å². The summed E-state index contributed by atoms with van der Waals surface area (Å²) in [6, 6.07) is 15.6. The number of benzene rings is 1. The Labute approximate surface area is 215 Å². The molecule has 3 aromatic heterocycles. The first-order valence-corrected chi connectivity index (χ1v) is 12.8. The molecule has 9 heteroatoms. The summed E-state index contributed by atoms with van der Waals surface area (Å²) in [5, 5.41) is 8.35. The van der Waals surface area contributed by atoms with E-state index in [-0.39, 0.29) is 17.9 Å². The number of piperazine rings is 1. The minimum atomic E-state index is -0.199. The molecule has 1 atom stereocenters. The van der Waals surface area contributed by atoms with E-state index in [1.807, 2.05) is 60.4 Å². The van der Waals surface area contributed by atoms with Crippen molar-refractivity contribution in [1.82, 2.24) is 29.9 Å². The van der Waals surface area contributed by atoms with E-state index in [2.05, 4.69) is 15.3 Å². The molecule has 37 heavy (non-hydrogen) atoms. The number of hydrogen-bond donors (Lipinski definition) is 1. The molecule has 6 rings (SSSR count). The summed E-state index contributed by atoms with van der Waals surface area (Å²) in [5.74, 6) is 0.798. The zero-order chi connectivity index (χ0) is 25.4. The first kappa shape index (κ1) is 23.4. The summed E-state index contributed by atoms with van der Waals surface area (Å²) in [5.41, 5.74) is 2.89. The van der Waals surface area contributed by atoms with Gasteiger partial charge in [0.1, 0.15) is 12.3 Å². The fourth-order valence-corrected chi connectivity index (χ4v) is 4.85. The van der Waals surface area contributed by atoms with Gasteiger partial charge >= 0.3 is 0 Å². The van der Waals surface area contributed by atoms with Crippen molar-refractivity contribution in [3.05, 3.63) is 72.3 Å². The van der Waals surface area contributed by atoms with E-state index in [1.165, 1.54) is 0 Å². The molecule has 1 aromatic carbocycles. The minimum absolute atomic E-state index is 0.0446. The lowest BCUT2D eigenvalue weighted by molar-refractivity contribution is -0.126. The maximum Gasteiger partial charge on any atom is 0.254 e. The second-order valence-electron chi connectivity index (χ2n) is 9.83. The Kier molecular flexibility index (Phi) is 6.21. The van der Waals surface area contributed by atoms with Gasteiger partial charge in [-0.15, -0.1) is 0 Å². The van der Waals surface area contributed by atoms with Crippen molar-refractivity contribution in [3.8, 4) is 11.3 Å².